The normalized spacial score (nSPS) is 18.2. The first-order chi connectivity index (χ1) is 20.0. The first kappa shape index (κ1) is 29.1. The van der Waals surface area contributed by atoms with Gasteiger partial charge in [-0.15, -0.1) is 6.42 Å². The number of benzene rings is 1. The van der Waals surface area contributed by atoms with Crippen LogP contribution >= 0.6 is 15.9 Å². The molecule has 5 rings (SSSR count). The number of carbonyl (C=O) groups excluding carboxylic acids is 3. The van der Waals surface area contributed by atoms with E-state index in [-0.39, 0.29) is 30.1 Å². The fourth-order valence-corrected chi connectivity index (χ4v) is 6.01. The number of halogens is 1. The van der Waals surface area contributed by atoms with Gasteiger partial charge in [0.25, 0.3) is 0 Å². The lowest BCUT2D eigenvalue weighted by Gasteiger charge is -2.28. The first-order valence-electron chi connectivity index (χ1n) is 13.6. The highest BCUT2D eigenvalue weighted by atomic mass is 79.9. The van der Waals surface area contributed by atoms with Gasteiger partial charge in [-0.3, -0.25) is 14.4 Å². The number of carbonyl (C=O) groups is 3. The molecule has 0 radical (unpaired) electrons. The molecule has 0 aliphatic carbocycles. The number of hydrogen-bond acceptors (Lipinski definition) is 6. The van der Waals surface area contributed by atoms with Crippen LogP contribution in [0.25, 0.3) is 22.0 Å². The van der Waals surface area contributed by atoms with E-state index in [2.05, 4.69) is 42.1 Å². The van der Waals surface area contributed by atoms with E-state index in [4.69, 9.17) is 6.42 Å². The van der Waals surface area contributed by atoms with Crippen molar-refractivity contribution in [1.29, 1.82) is 0 Å². The number of likely N-dealkylation sites (tertiary alicyclic amines) is 1. The lowest BCUT2D eigenvalue weighted by molar-refractivity contribution is -0.138. The second-order valence-electron chi connectivity index (χ2n) is 10.9. The third-order valence-corrected chi connectivity index (χ3v) is 8.24. The Kier molecular flexibility index (Phi) is 7.97. The van der Waals surface area contributed by atoms with Crippen molar-refractivity contribution in [3.8, 4) is 23.5 Å². The van der Waals surface area contributed by atoms with Crippen LogP contribution in [0.4, 0.5) is 5.82 Å². The number of ketones is 1. The second-order valence-corrected chi connectivity index (χ2v) is 11.7. The van der Waals surface area contributed by atoms with E-state index >= 15 is 0 Å². The number of hydrogen-bond donors (Lipinski definition) is 1. The standard InChI is InChI=1S/C32H31BrN6O3/c1-7-26-18(3)11-27(32(42)37-31-17(2)8-9-28(33)36-31)39(26)29(41)16-38-15-25(20(5)40)24-12-22(10-19(4)30(24)38)23-13-34-21(6)35-14-23/h1,8-10,12-15,18,26-27H,11,16H2,2-6H3,(H,36,37,42)/t18-,26+,27-/m0/s1. The van der Waals surface area contributed by atoms with E-state index in [0.717, 1.165) is 33.2 Å². The number of Topliss-reactive ketones (excluding diaryl/α,β-unsaturated/α-hetero) is 1. The number of rotatable bonds is 6. The molecular formula is C32H31BrN6O3. The number of aryl methyl sites for hydroxylation is 3. The van der Waals surface area contributed by atoms with E-state index in [1.54, 1.807) is 29.2 Å². The van der Waals surface area contributed by atoms with Crippen molar-refractivity contribution >= 4 is 50.2 Å². The van der Waals surface area contributed by atoms with Gasteiger partial charge in [-0.25, -0.2) is 15.0 Å². The molecule has 1 aliphatic rings. The minimum absolute atomic E-state index is 0.0820. The van der Waals surface area contributed by atoms with Gasteiger partial charge >= 0.3 is 0 Å². The van der Waals surface area contributed by atoms with Crippen LogP contribution in [0.3, 0.4) is 0 Å². The summed E-state index contributed by atoms with van der Waals surface area (Å²) < 4.78 is 2.37. The minimum Gasteiger partial charge on any atom is -0.337 e. The average molecular weight is 628 g/mol. The monoisotopic (exact) mass is 626 g/mol. The Labute approximate surface area is 252 Å². The number of terminal acetylenes is 1. The van der Waals surface area contributed by atoms with Gasteiger partial charge in [0, 0.05) is 35.1 Å². The van der Waals surface area contributed by atoms with Crippen LogP contribution < -0.4 is 5.32 Å². The van der Waals surface area contributed by atoms with Crippen molar-refractivity contribution in [3.63, 3.8) is 0 Å². The Morgan fingerprint density at radius 1 is 1.10 bits per heavy atom. The van der Waals surface area contributed by atoms with Crippen LogP contribution in [0.2, 0.25) is 0 Å². The van der Waals surface area contributed by atoms with Crippen molar-refractivity contribution in [3.05, 3.63) is 70.0 Å². The molecule has 10 heteroatoms. The molecule has 4 heterocycles. The Balaban J connectivity index is 1.50. The largest absolute Gasteiger partial charge is 0.337 e. The lowest BCUT2D eigenvalue weighted by atomic mass is 10.0. The first-order valence-corrected chi connectivity index (χ1v) is 14.4. The summed E-state index contributed by atoms with van der Waals surface area (Å²) in [6.45, 7) is 8.98. The highest BCUT2D eigenvalue weighted by Gasteiger charge is 2.44. The molecule has 1 aliphatic heterocycles. The molecule has 214 valence electrons. The average Bonchev–Trinajstić information content (AvgIpc) is 3.48. The molecule has 4 aromatic rings. The smallest absolute Gasteiger partial charge is 0.248 e. The maximum Gasteiger partial charge on any atom is 0.248 e. The van der Waals surface area contributed by atoms with Crippen LogP contribution in [0.1, 0.15) is 47.6 Å². The predicted molar refractivity (Wildman–Crippen MR) is 165 cm³/mol. The van der Waals surface area contributed by atoms with Crippen LogP contribution in [0.5, 0.6) is 0 Å². The summed E-state index contributed by atoms with van der Waals surface area (Å²) in [5.74, 6) is 2.98. The van der Waals surface area contributed by atoms with Crippen molar-refractivity contribution in [2.75, 3.05) is 5.32 Å². The second kappa shape index (κ2) is 11.5. The Hall–Kier alpha value is -4.36. The molecule has 0 unspecified atom stereocenters. The molecule has 2 amide bonds. The van der Waals surface area contributed by atoms with Crippen molar-refractivity contribution in [2.45, 2.75) is 59.7 Å². The summed E-state index contributed by atoms with van der Waals surface area (Å²) in [5.41, 5.74) is 4.66. The number of anilines is 1. The molecule has 0 saturated carbocycles. The summed E-state index contributed by atoms with van der Waals surface area (Å²) in [7, 11) is 0. The number of aromatic nitrogens is 4. The molecule has 3 atom stereocenters. The fraction of sp³-hybridized carbons (Fsp3) is 0.312. The van der Waals surface area contributed by atoms with Crippen LogP contribution in [0.15, 0.2) is 47.5 Å². The molecule has 1 N–H and O–H groups in total. The molecule has 0 bridgehead atoms. The third kappa shape index (κ3) is 5.44. The number of nitrogens with zero attached hydrogens (tertiary/aromatic N) is 5. The number of pyridine rings is 1. The van der Waals surface area contributed by atoms with Gasteiger partial charge in [-0.05, 0) is 90.9 Å². The van der Waals surface area contributed by atoms with Crippen molar-refractivity contribution < 1.29 is 14.4 Å². The molecule has 1 saturated heterocycles. The zero-order valence-electron chi connectivity index (χ0n) is 24.1. The summed E-state index contributed by atoms with van der Waals surface area (Å²) in [5, 5.41) is 3.62. The van der Waals surface area contributed by atoms with Crippen LogP contribution in [-0.2, 0) is 16.1 Å². The topological polar surface area (TPSA) is 110 Å². The third-order valence-electron chi connectivity index (χ3n) is 7.80. The van der Waals surface area contributed by atoms with E-state index < -0.39 is 12.1 Å². The molecule has 0 spiro atoms. The van der Waals surface area contributed by atoms with E-state index in [9.17, 15) is 14.4 Å². The molecule has 3 aromatic heterocycles. The van der Waals surface area contributed by atoms with Gasteiger partial charge in [0.1, 0.15) is 28.8 Å². The SMILES string of the molecule is C#C[C@@H]1[C@@H](C)C[C@@H](C(=O)Nc2nc(Br)ccc2C)N1C(=O)Cn1cc(C(C)=O)c2cc(-c3cnc(C)nc3)cc(C)c21. The van der Waals surface area contributed by atoms with Gasteiger partial charge in [0.05, 0.1) is 11.6 Å². The summed E-state index contributed by atoms with van der Waals surface area (Å²) in [6.07, 6.45) is 11.5. The minimum atomic E-state index is -0.767. The molecular weight excluding hydrogens is 596 g/mol. The van der Waals surface area contributed by atoms with E-state index in [1.165, 1.54) is 11.8 Å². The Bertz CT molecular complexity index is 1770. The van der Waals surface area contributed by atoms with Crippen molar-refractivity contribution in [2.24, 2.45) is 5.92 Å². The zero-order chi connectivity index (χ0) is 30.3. The van der Waals surface area contributed by atoms with Gasteiger partial charge in [-0.1, -0.05) is 18.9 Å². The summed E-state index contributed by atoms with van der Waals surface area (Å²) in [6, 6.07) is 6.25. The van der Waals surface area contributed by atoms with Gasteiger partial charge in [-0.2, -0.15) is 0 Å². The highest BCUT2D eigenvalue weighted by molar-refractivity contribution is 9.10. The van der Waals surface area contributed by atoms with Crippen LogP contribution in [0, 0.1) is 39.0 Å². The predicted octanol–water partition coefficient (Wildman–Crippen LogP) is 5.26. The maximum absolute atomic E-state index is 14.0. The molecule has 1 aromatic carbocycles. The van der Waals surface area contributed by atoms with Gasteiger partial charge in [0.15, 0.2) is 5.78 Å². The highest BCUT2D eigenvalue weighted by Crippen LogP contribution is 2.34. The Morgan fingerprint density at radius 2 is 1.81 bits per heavy atom. The van der Waals surface area contributed by atoms with Gasteiger partial charge in [0.2, 0.25) is 11.8 Å². The summed E-state index contributed by atoms with van der Waals surface area (Å²) in [4.78, 5) is 54.7. The van der Waals surface area contributed by atoms with Crippen LogP contribution in [-0.4, -0.2) is 54.1 Å². The maximum atomic E-state index is 14.0. The number of amides is 2. The Morgan fingerprint density at radius 3 is 2.48 bits per heavy atom. The molecule has 9 nitrogen and oxygen atoms in total. The number of nitrogens with one attached hydrogen (secondary N) is 1. The zero-order valence-corrected chi connectivity index (χ0v) is 25.7. The summed E-state index contributed by atoms with van der Waals surface area (Å²) >= 11 is 3.34. The molecule has 1 fully saturated rings. The quantitative estimate of drug-likeness (QED) is 0.178. The number of fused-ring (bicyclic) bond motifs is 1. The van der Waals surface area contributed by atoms with E-state index in [0.29, 0.717) is 28.2 Å². The van der Waals surface area contributed by atoms with E-state index in [1.807, 2.05) is 45.9 Å². The fourth-order valence-electron chi connectivity index (χ4n) is 5.70. The van der Waals surface area contributed by atoms with Crippen molar-refractivity contribution in [1.82, 2.24) is 24.4 Å². The van der Waals surface area contributed by atoms with Gasteiger partial charge < -0.3 is 14.8 Å². The lowest BCUT2D eigenvalue weighted by Crippen LogP contribution is -2.48. The molecule has 42 heavy (non-hydrogen) atoms.